The predicted molar refractivity (Wildman–Crippen MR) is 106 cm³/mol. The fraction of sp³-hybridized carbons (Fsp3) is 0.316. The first kappa shape index (κ1) is 18.6. The molecule has 0 aliphatic heterocycles. The zero-order valence-corrected chi connectivity index (χ0v) is 16.0. The molecule has 0 bridgehead atoms. The number of aryl methyl sites for hydroxylation is 2. The second kappa shape index (κ2) is 8.36. The topological polar surface area (TPSA) is 33.3 Å². The summed E-state index contributed by atoms with van der Waals surface area (Å²) in [7, 11) is 1.59. The highest BCUT2D eigenvalue weighted by Crippen LogP contribution is 2.27. The largest absolute Gasteiger partial charge is 0.495 e. The molecular formula is C19H23ClN2OS. The van der Waals surface area contributed by atoms with E-state index in [4.69, 9.17) is 28.6 Å². The van der Waals surface area contributed by atoms with Gasteiger partial charge in [-0.05, 0) is 61.8 Å². The van der Waals surface area contributed by atoms with Crippen LogP contribution in [0.3, 0.4) is 0 Å². The average Bonchev–Trinajstić information content (AvgIpc) is 2.53. The summed E-state index contributed by atoms with van der Waals surface area (Å²) in [5.41, 5.74) is 4.62. The highest BCUT2D eigenvalue weighted by molar-refractivity contribution is 7.80. The summed E-state index contributed by atoms with van der Waals surface area (Å²) in [5, 5.41) is 7.69. The van der Waals surface area contributed by atoms with Crippen molar-refractivity contribution in [3.8, 4) is 5.75 Å². The van der Waals surface area contributed by atoms with Crippen LogP contribution in [0.4, 0.5) is 5.69 Å². The van der Waals surface area contributed by atoms with E-state index in [0.29, 0.717) is 15.9 Å². The van der Waals surface area contributed by atoms with Crippen LogP contribution in [0.15, 0.2) is 36.4 Å². The molecule has 0 aliphatic carbocycles. The Kier molecular flexibility index (Phi) is 6.46. The van der Waals surface area contributed by atoms with Crippen LogP contribution in [0.2, 0.25) is 5.02 Å². The van der Waals surface area contributed by atoms with Crippen LogP contribution in [0.25, 0.3) is 0 Å². The summed E-state index contributed by atoms with van der Waals surface area (Å²) < 4.78 is 5.16. The van der Waals surface area contributed by atoms with Crippen LogP contribution in [-0.2, 0) is 0 Å². The molecule has 0 fully saturated rings. The molecule has 0 unspecified atom stereocenters. The smallest absolute Gasteiger partial charge is 0.171 e. The molecule has 0 aromatic heterocycles. The van der Waals surface area contributed by atoms with Crippen LogP contribution < -0.4 is 15.4 Å². The van der Waals surface area contributed by atoms with Gasteiger partial charge in [0.1, 0.15) is 5.75 Å². The highest BCUT2D eigenvalue weighted by atomic mass is 35.5. The Bertz CT molecular complexity index is 733. The van der Waals surface area contributed by atoms with Gasteiger partial charge in [-0.3, -0.25) is 0 Å². The van der Waals surface area contributed by atoms with E-state index in [-0.39, 0.29) is 6.04 Å². The summed E-state index contributed by atoms with van der Waals surface area (Å²) >= 11 is 11.6. The monoisotopic (exact) mass is 362 g/mol. The van der Waals surface area contributed by atoms with Crippen molar-refractivity contribution >= 4 is 34.6 Å². The van der Waals surface area contributed by atoms with E-state index in [1.165, 1.54) is 16.7 Å². The summed E-state index contributed by atoms with van der Waals surface area (Å²) in [4.78, 5) is 0. The van der Waals surface area contributed by atoms with Gasteiger partial charge in [0, 0.05) is 5.69 Å². The minimum Gasteiger partial charge on any atom is -0.495 e. The number of nitrogens with one attached hydrogen (secondary N) is 2. The predicted octanol–water partition coefficient (Wildman–Crippen LogP) is 5.40. The van der Waals surface area contributed by atoms with Gasteiger partial charge in [0.05, 0.1) is 18.2 Å². The Morgan fingerprint density at radius 3 is 2.54 bits per heavy atom. The molecule has 2 rings (SSSR count). The number of anilines is 1. The fourth-order valence-corrected chi connectivity index (χ4v) is 3.20. The number of benzene rings is 2. The lowest BCUT2D eigenvalue weighted by Gasteiger charge is -2.22. The molecule has 0 saturated heterocycles. The minimum absolute atomic E-state index is 0.166. The van der Waals surface area contributed by atoms with Crippen LogP contribution in [-0.4, -0.2) is 12.2 Å². The normalized spacial score (nSPS) is 11.7. The molecule has 24 heavy (non-hydrogen) atoms. The first-order valence-corrected chi connectivity index (χ1v) is 8.71. The molecule has 0 heterocycles. The quantitative estimate of drug-likeness (QED) is 0.697. The van der Waals surface area contributed by atoms with Crippen LogP contribution in [0.5, 0.6) is 5.75 Å². The molecule has 5 heteroatoms. The number of hydrogen-bond acceptors (Lipinski definition) is 2. The van der Waals surface area contributed by atoms with E-state index in [9.17, 15) is 0 Å². The van der Waals surface area contributed by atoms with Crippen LogP contribution in [0, 0.1) is 13.8 Å². The van der Waals surface area contributed by atoms with Crippen molar-refractivity contribution in [1.82, 2.24) is 5.32 Å². The molecule has 0 aliphatic rings. The number of rotatable bonds is 5. The molecule has 2 N–H and O–H groups in total. The number of thiocarbonyl (C=S) groups is 1. The molecule has 2 aromatic rings. The summed E-state index contributed by atoms with van der Waals surface area (Å²) in [6.45, 7) is 6.38. The van der Waals surface area contributed by atoms with Gasteiger partial charge in [-0.2, -0.15) is 0 Å². The maximum absolute atomic E-state index is 6.15. The van der Waals surface area contributed by atoms with Crippen molar-refractivity contribution < 1.29 is 4.74 Å². The van der Waals surface area contributed by atoms with E-state index in [0.717, 1.165) is 12.1 Å². The van der Waals surface area contributed by atoms with Crippen LogP contribution in [0.1, 0.15) is 36.1 Å². The van der Waals surface area contributed by atoms with Crippen molar-refractivity contribution in [2.24, 2.45) is 0 Å². The van der Waals surface area contributed by atoms with Gasteiger partial charge < -0.3 is 15.4 Å². The van der Waals surface area contributed by atoms with E-state index in [1.807, 2.05) is 12.1 Å². The van der Waals surface area contributed by atoms with Gasteiger partial charge in [0.15, 0.2) is 5.11 Å². The molecule has 2 aromatic carbocycles. The molecule has 1 atom stereocenters. The molecule has 128 valence electrons. The minimum atomic E-state index is 0.166. The summed E-state index contributed by atoms with van der Waals surface area (Å²) in [5.74, 6) is 0.641. The second-order valence-corrected chi connectivity index (χ2v) is 6.58. The van der Waals surface area contributed by atoms with E-state index >= 15 is 0 Å². The highest BCUT2D eigenvalue weighted by Gasteiger charge is 2.13. The van der Waals surface area contributed by atoms with E-state index < -0.39 is 0 Å². The molecule has 0 amide bonds. The average molecular weight is 363 g/mol. The van der Waals surface area contributed by atoms with Crippen molar-refractivity contribution in [2.45, 2.75) is 33.2 Å². The summed E-state index contributed by atoms with van der Waals surface area (Å²) in [6, 6.07) is 12.2. The van der Waals surface area contributed by atoms with Crippen molar-refractivity contribution in [3.05, 3.63) is 58.1 Å². The first-order chi connectivity index (χ1) is 11.4. The molecular weight excluding hydrogens is 340 g/mol. The molecule has 0 radical (unpaired) electrons. The fourth-order valence-electron chi connectivity index (χ4n) is 2.69. The van der Waals surface area contributed by atoms with Gasteiger partial charge >= 0.3 is 0 Å². The number of halogens is 1. The standard InChI is InChI=1S/C19H23ClN2OS/c1-5-17(15-8-6-12(2)10-13(15)3)22-19(24)21-14-7-9-18(23-4)16(20)11-14/h6-11,17H,5H2,1-4H3,(H2,21,22,24)/t17-/m1/s1. The maximum atomic E-state index is 6.15. The lowest BCUT2D eigenvalue weighted by molar-refractivity contribution is 0.415. The lowest BCUT2D eigenvalue weighted by Crippen LogP contribution is -2.32. The molecule has 3 nitrogen and oxygen atoms in total. The van der Waals surface area contributed by atoms with Crippen molar-refractivity contribution in [1.29, 1.82) is 0 Å². The third-order valence-corrected chi connectivity index (χ3v) is 4.44. The molecule has 0 spiro atoms. The Labute approximate surface area is 154 Å². The molecule has 0 saturated carbocycles. The van der Waals surface area contributed by atoms with Gasteiger partial charge in [-0.15, -0.1) is 0 Å². The second-order valence-electron chi connectivity index (χ2n) is 5.77. The Hall–Kier alpha value is -1.78. The Morgan fingerprint density at radius 2 is 1.96 bits per heavy atom. The maximum Gasteiger partial charge on any atom is 0.171 e. The number of ether oxygens (including phenoxy) is 1. The van der Waals surface area contributed by atoms with Gasteiger partial charge in [-0.1, -0.05) is 42.3 Å². The first-order valence-electron chi connectivity index (χ1n) is 7.92. The van der Waals surface area contributed by atoms with Gasteiger partial charge in [-0.25, -0.2) is 0 Å². The van der Waals surface area contributed by atoms with Crippen LogP contribution >= 0.6 is 23.8 Å². The number of hydrogen-bond donors (Lipinski definition) is 2. The zero-order valence-electron chi connectivity index (χ0n) is 14.4. The Morgan fingerprint density at radius 1 is 1.21 bits per heavy atom. The van der Waals surface area contributed by atoms with Crippen molar-refractivity contribution in [3.63, 3.8) is 0 Å². The van der Waals surface area contributed by atoms with Gasteiger partial charge in [0.2, 0.25) is 0 Å². The van der Waals surface area contributed by atoms with Gasteiger partial charge in [0.25, 0.3) is 0 Å². The third kappa shape index (κ3) is 4.62. The van der Waals surface area contributed by atoms with E-state index in [1.54, 1.807) is 13.2 Å². The Balaban J connectivity index is 2.08. The lowest BCUT2D eigenvalue weighted by atomic mass is 9.98. The third-order valence-electron chi connectivity index (χ3n) is 3.92. The number of methoxy groups -OCH3 is 1. The van der Waals surface area contributed by atoms with Crippen molar-refractivity contribution in [2.75, 3.05) is 12.4 Å². The zero-order chi connectivity index (χ0) is 17.7. The SMILES string of the molecule is CC[C@@H](NC(=S)Nc1ccc(OC)c(Cl)c1)c1ccc(C)cc1C. The van der Waals surface area contributed by atoms with E-state index in [2.05, 4.69) is 49.6 Å². The summed E-state index contributed by atoms with van der Waals surface area (Å²) in [6.07, 6.45) is 0.940.